The molecule has 1 heterocycles. The van der Waals surface area contributed by atoms with Gasteiger partial charge in [0.25, 0.3) is 0 Å². The highest BCUT2D eigenvalue weighted by Gasteiger charge is 2.12. The van der Waals surface area contributed by atoms with Gasteiger partial charge in [0.1, 0.15) is 5.75 Å². The van der Waals surface area contributed by atoms with Crippen LogP contribution in [0.25, 0.3) is 0 Å². The number of nitrogens with one attached hydrogen (secondary N) is 1. The van der Waals surface area contributed by atoms with Crippen LogP contribution >= 0.6 is 0 Å². The Kier molecular flexibility index (Phi) is 8.05. The number of benzene rings is 1. The Morgan fingerprint density at radius 1 is 1.21 bits per heavy atom. The van der Waals surface area contributed by atoms with Crippen LogP contribution in [0.3, 0.4) is 0 Å². The molecule has 0 radical (unpaired) electrons. The van der Waals surface area contributed by atoms with E-state index in [9.17, 15) is 4.79 Å². The number of nitrogens with zero attached hydrogens (tertiary/aromatic N) is 2. The Morgan fingerprint density at radius 3 is 2.75 bits per heavy atom. The van der Waals surface area contributed by atoms with Gasteiger partial charge in [-0.3, -0.25) is 4.79 Å². The Bertz CT molecular complexity index is 499. The number of rotatable bonds is 9. The Balaban J connectivity index is 1.46. The average molecular weight is 333 g/mol. The van der Waals surface area contributed by atoms with Gasteiger partial charge in [-0.2, -0.15) is 0 Å². The standard InChI is InChI=1S/C19H31N3O2/c1-17-6-3-7-18(16-17)24-15-4-8-19(23)20-9-5-10-22-13-11-21(2)12-14-22/h3,6-7,16H,4-5,8-15H2,1-2H3,(H,20,23). The predicted molar refractivity (Wildman–Crippen MR) is 97.5 cm³/mol. The first-order valence-corrected chi connectivity index (χ1v) is 9.00. The molecule has 2 rings (SSSR count). The average Bonchev–Trinajstić information content (AvgIpc) is 2.57. The van der Waals surface area contributed by atoms with Crippen LogP contribution in [0.15, 0.2) is 24.3 Å². The fourth-order valence-electron chi connectivity index (χ4n) is 2.82. The number of carbonyl (C=O) groups is 1. The summed E-state index contributed by atoms with van der Waals surface area (Å²) in [7, 11) is 2.17. The summed E-state index contributed by atoms with van der Waals surface area (Å²) in [5.74, 6) is 1.00. The van der Waals surface area contributed by atoms with Crippen LogP contribution in [0.5, 0.6) is 5.75 Å². The number of hydrogen-bond donors (Lipinski definition) is 1. The minimum Gasteiger partial charge on any atom is -0.494 e. The van der Waals surface area contributed by atoms with Crippen molar-refractivity contribution in [1.29, 1.82) is 0 Å². The highest BCUT2D eigenvalue weighted by Crippen LogP contribution is 2.12. The molecule has 1 aliphatic rings. The van der Waals surface area contributed by atoms with Crippen LogP contribution in [0.2, 0.25) is 0 Å². The second-order valence-corrected chi connectivity index (χ2v) is 6.62. The molecule has 0 aliphatic carbocycles. The second kappa shape index (κ2) is 10.3. The van der Waals surface area contributed by atoms with E-state index in [-0.39, 0.29) is 5.91 Å². The van der Waals surface area contributed by atoms with Crippen molar-refractivity contribution in [3.05, 3.63) is 29.8 Å². The molecule has 0 unspecified atom stereocenters. The largest absolute Gasteiger partial charge is 0.494 e. The molecule has 0 bridgehead atoms. The van der Waals surface area contributed by atoms with E-state index in [2.05, 4.69) is 22.2 Å². The van der Waals surface area contributed by atoms with E-state index in [4.69, 9.17) is 4.74 Å². The van der Waals surface area contributed by atoms with Crippen molar-refractivity contribution in [2.24, 2.45) is 0 Å². The summed E-state index contributed by atoms with van der Waals surface area (Å²) < 4.78 is 5.66. The first kappa shape index (κ1) is 18.7. The summed E-state index contributed by atoms with van der Waals surface area (Å²) in [4.78, 5) is 16.6. The molecule has 5 heteroatoms. The summed E-state index contributed by atoms with van der Waals surface area (Å²) in [5, 5.41) is 3.01. The van der Waals surface area contributed by atoms with Gasteiger partial charge in [-0.15, -0.1) is 0 Å². The van der Waals surface area contributed by atoms with E-state index in [1.807, 2.05) is 31.2 Å². The van der Waals surface area contributed by atoms with Crippen molar-refractivity contribution < 1.29 is 9.53 Å². The molecule has 1 saturated heterocycles. The van der Waals surface area contributed by atoms with Crippen LogP contribution in [0.4, 0.5) is 0 Å². The first-order valence-electron chi connectivity index (χ1n) is 9.00. The molecule has 0 saturated carbocycles. The third kappa shape index (κ3) is 7.32. The van der Waals surface area contributed by atoms with E-state index in [1.54, 1.807) is 0 Å². The lowest BCUT2D eigenvalue weighted by Gasteiger charge is -2.32. The fourth-order valence-corrected chi connectivity index (χ4v) is 2.82. The first-order chi connectivity index (χ1) is 11.6. The summed E-state index contributed by atoms with van der Waals surface area (Å²) in [5.41, 5.74) is 1.19. The molecule has 0 spiro atoms. The molecule has 1 aliphatic heterocycles. The number of carbonyl (C=O) groups excluding carboxylic acids is 1. The minimum absolute atomic E-state index is 0.126. The van der Waals surface area contributed by atoms with E-state index in [1.165, 1.54) is 5.56 Å². The van der Waals surface area contributed by atoms with Gasteiger partial charge in [-0.05, 0) is 51.1 Å². The van der Waals surface area contributed by atoms with E-state index >= 15 is 0 Å². The van der Waals surface area contributed by atoms with Crippen LogP contribution in [0.1, 0.15) is 24.8 Å². The highest BCUT2D eigenvalue weighted by molar-refractivity contribution is 5.75. The maximum absolute atomic E-state index is 11.8. The summed E-state index contributed by atoms with van der Waals surface area (Å²) in [6.45, 7) is 9.04. The Hall–Kier alpha value is -1.59. The van der Waals surface area contributed by atoms with Gasteiger partial charge in [0.2, 0.25) is 5.91 Å². The van der Waals surface area contributed by atoms with Crippen molar-refractivity contribution >= 4 is 5.91 Å². The van der Waals surface area contributed by atoms with E-state index in [0.717, 1.165) is 57.9 Å². The zero-order valence-corrected chi connectivity index (χ0v) is 15.1. The third-order valence-electron chi connectivity index (χ3n) is 4.38. The molecular weight excluding hydrogens is 302 g/mol. The van der Waals surface area contributed by atoms with Gasteiger partial charge in [0.15, 0.2) is 0 Å². The monoisotopic (exact) mass is 333 g/mol. The van der Waals surface area contributed by atoms with Gasteiger partial charge >= 0.3 is 0 Å². The topological polar surface area (TPSA) is 44.8 Å². The van der Waals surface area contributed by atoms with E-state index in [0.29, 0.717) is 13.0 Å². The number of ether oxygens (including phenoxy) is 1. The number of piperazine rings is 1. The normalized spacial score (nSPS) is 16.1. The zero-order valence-electron chi connectivity index (χ0n) is 15.1. The second-order valence-electron chi connectivity index (χ2n) is 6.62. The molecule has 1 amide bonds. The lowest BCUT2D eigenvalue weighted by molar-refractivity contribution is -0.121. The summed E-state index contributed by atoms with van der Waals surface area (Å²) in [6, 6.07) is 7.99. The highest BCUT2D eigenvalue weighted by atomic mass is 16.5. The fraction of sp³-hybridized carbons (Fsp3) is 0.632. The molecule has 24 heavy (non-hydrogen) atoms. The molecule has 0 aromatic heterocycles. The van der Waals surface area contributed by atoms with Crippen molar-refractivity contribution in [2.45, 2.75) is 26.2 Å². The smallest absolute Gasteiger partial charge is 0.220 e. The SMILES string of the molecule is Cc1cccc(OCCCC(=O)NCCCN2CCN(C)CC2)c1. The zero-order chi connectivity index (χ0) is 17.2. The number of amides is 1. The van der Waals surface area contributed by atoms with Gasteiger partial charge in [-0.25, -0.2) is 0 Å². The van der Waals surface area contributed by atoms with Crippen molar-refractivity contribution in [3.63, 3.8) is 0 Å². The van der Waals surface area contributed by atoms with E-state index < -0.39 is 0 Å². The number of aryl methyl sites for hydroxylation is 1. The Labute approximate surface area is 146 Å². The molecule has 1 aromatic rings. The van der Waals surface area contributed by atoms with Crippen molar-refractivity contribution in [1.82, 2.24) is 15.1 Å². The number of hydrogen-bond acceptors (Lipinski definition) is 4. The van der Waals surface area contributed by atoms with Crippen molar-refractivity contribution in [2.75, 3.05) is 52.9 Å². The quantitative estimate of drug-likeness (QED) is 0.701. The summed E-state index contributed by atoms with van der Waals surface area (Å²) >= 11 is 0. The van der Waals surface area contributed by atoms with Gasteiger partial charge in [0.05, 0.1) is 6.61 Å². The van der Waals surface area contributed by atoms with Gasteiger partial charge in [-0.1, -0.05) is 12.1 Å². The maximum Gasteiger partial charge on any atom is 0.220 e. The Morgan fingerprint density at radius 2 is 2.00 bits per heavy atom. The molecule has 1 aromatic carbocycles. The van der Waals surface area contributed by atoms with Gasteiger partial charge in [0, 0.05) is 39.1 Å². The van der Waals surface area contributed by atoms with Crippen LogP contribution in [-0.2, 0) is 4.79 Å². The van der Waals surface area contributed by atoms with Crippen LogP contribution in [-0.4, -0.2) is 68.6 Å². The molecule has 1 N–H and O–H groups in total. The molecule has 0 atom stereocenters. The van der Waals surface area contributed by atoms with Crippen LogP contribution < -0.4 is 10.1 Å². The maximum atomic E-state index is 11.8. The number of likely N-dealkylation sites (N-methyl/N-ethyl adjacent to an activating group) is 1. The summed E-state index contributed by atoms with van der Waals surface area (Å²) in [6.07, 6.45) is 2.30. The molecule has 5 nitrogen and oxygen atoms in total. The molecule has 134 valence electrons. The third-order valence-corrected chi connectivity index (χ3v) is 4.38. The minimum atomic E-state index is 0.126. The predicted octanol–water partition coefficient (Wildman–Crippen LogP) is 1.91. The lowest BCUT2D eigenvalue weighted by atomic mass is 10.2. The van der Waals surface area contributed by atoms with Crippen LogP contribution in [0, 0.1) is 6.92 Å². The molecule has 1 fully saturated rings. The lowest BCUT2D eigenvalue weighted by Crippen LogP contribution is -2.45. The molecular formula is C19H31N3O2. The van der Waals surface area contributed by atoms with Gasteiger partial charge < -0.3 is 19.9 Å². The van der Waals surface area contributed by atoms with Crippen molar-refractivity contribution in [3.8, 4) is 5.75 Å².